The smallest absolute Gasteiger partial charge is 0.255 e. The van der Waals surface area contributed by atoms with Gasteiger partial charge in [-0.05, 0) is 36.4 Å². The second-order valence-corrected chi connectivity index (χ2v) is 11.2. The van der Waals surface area contributed by atoms with Crippen molar-refractivity contribution in [2.75, 3.05) is 71.2 Å². The molecule has 0 radical (unpaired) electrons. The molecule has 0 aromatic carbocycles. The number of morpholine rings is 1. The minimum absolute atomic E-state index is 0.000667. The summed E-state index contributed by atoms with van der Waals surface area (Å²) in [4.78, 5) is 23.3. The van der Waals surface area contributed by atoms with Crippen LogP contribution in [0.2, 0.25) is 0 Å². The van der Waals surface area contributed by atoms with Crippen LogP contribution >= 0.6 is 11.3 Å². The van der Waals surface area contributed by atoms with Gasteiger partial charge in [-0.2, -0.15) is 11.3 Å². The highest BCUT2D eigenvalue weighted by atomic mass is 32.1. The predicted octanol–water partition coefficient (Wildman–Crippen LogP) is 3.82. The lowest BCUT2D eigenvalue weighted by Crippen LogP contribution is -2.58. The number of rotatable bonds is 8. The van der Waals surface area contributed by atoms with Gasteiger partial charge in [0.2, 0.25) is 0 Å². The van der Waals surface area contributed by atoms with Crippen molar-refractivity contribution in [1.82, 2.24) is 15.2 Å². The molecule has 0 spiro atoms. The Bertz CT molecular complexity index is 998. The summed E-state index contributed by atoms with van der Waals surface area (Å²) in [7, 11) is 1.98. The minimum Gasteiger partial charge on any atom is -0.379 e. The van der Waals surface area contributed by atoms with Crippen LogP contribution in [0.3, 0.4) is 0 Å². The maximum atomic E-state index is 13.7. The van der Waals surface area contributed by atoms with Crippen molar-refractivity contribution in [3.63, 3.8) is 0 Å². The normalized spacial score (nSPS) is 22.8. The van der Waals surface area contributed by atoms with Gasteiger partial charge >= 0.3 is 0 Å². The number of pyridine rings is 1. The van der Waals surface area contributed by atoms with Crippen molar-refractivity contribution in [3.05, 3.63) is 34.5 Å². The van der Waals surface area contributed by atoms with Crippen LogP contribution in [0.15, 0.2) is 29.0 Å². The summed E-state index contributed by atoms with van der Waals surface area (Å²) < 4.78 is 17.1. The van der Waals surface area contributed by atoms with Crippen LogP contribution in [0.25, 0.3) is 11.3 Å². The number of aromatic nitrogens is 1. The van der Waals surface area contributed by atoms with Gasteiger partial charge in [-0.15, -0.1) is 0 Å². The predicted molar refractivity (Wildman–Crippen MR) is 147 cm³/mol. The summed E-state index contributed by atoms with van der Waals surface area (Å²) in [5.41, 5.74) is 2.53. The molecule has 9 heteroatoms. The van der Waals surface area contributed by atoms with Crippen LogP contribution in [0, 0.1) is 0 Å². The third kappa shape index (κ3) is 6.52. The number of hydrogen-bond donors (Lipinski definition) is 1. The van der Waals surface area contributed by atoms with E-state index < -0.39 is 0 Å². The fourth-order valence-corrected chi connectivity index (χ4v) is 6.54. The average Bonchev–Trinajstić information content (AvgIpc) is 3.38. The molecule has 1 amide bonds. The van der Waals surface area contributed by atoms with E-state index in [1.54, 1.807) is 11.3 Å². The van der Waals surface area contributed by atoms with Gasteiger partial charge in [0.15, 0.2) is 0 Å². The molecule has 3 fully saturated rings. The molecule has 2 saturated heterocycles. The van der Waals surface area contributed by atoms with Gasteiger partial charge in [-0.3, -0.25) is 9.69 Å². The molecule has 0 unspecified atom stereocenters. The van der Waals surface area contributed by atoms with Gasteiger partial charge < -0.3 is 24.4 Å². The summed E-state index contributed by atoms with van der Waals surface area (Å²) in [6.07, 6.45) is 7.16. The molecule has 2 aromatic rings. The first-order chi connectivity index (χ1) is 18.1. The number of nitrogens with zero attached hydrogens (tertiary/aromatic N) is 3. The van der Waals surface area contributed by atoms with E-state index >= 15 is 0 Å². The molecule has 0 bridgehead atoms. The lowest BCUT2D eigenvalue weighted by molar-refractivity contribution is -0.0837. The Morgan fingerprint density at radius 1 is 1.11 bits per heavy atom. The van der Waals surface area contributed by atoms with Crippen molar-refractivity contribution in [3.8, 4) is 11.3 Å². The zero-order valence-corrected chi connectivity index (χ0v) is 22.8. The Morgan fingerprint density at radius 3 is 2.62 bits per heavy atom. The van der Waals surface area contributed by atoms with Crippen LogP contribution in [-0.4, -0.2) is 93.7 Å². The maximum Gasteiger partial charge on any atom is 0.255 e. The van der Waals surface area contributed by atoms with Crippen LogP contribution in [0.1, 0.15) is 48.9 Å². The molecule has 1 atom stereocenters. The molecule has 4 heterocycles. The molecule has 37 heavy (non-hydrogen) atoms. The van der Waals surface area contributed by atoms with E-state index in [0.29, 0.717) is 44.3 Å². The van der Waals surface area contributed by atoms with Crippen LogP contribution < -0.4 is 10.2 Å². The third-order valence-corrected chi connectivity index (χ3v) is 8.64. The van der Waals surface area contributed by atoms with E-state index in [1.165, 1.54) is 25.7 Å². The number of thiophene rings is 1. The Hall–Kier alpha value is -2.04. The zero-order chi connectivity index (χ0) is 25.5. The summed E-state index contributed by atoms with van der Waals surface area (Å²) >= 11 is 1.64. The summed E-state index contributed by atoms with van der Waals surface area (Å²) in [6, 6.07) is 5.94. The minimum atomic E-state index is -0.0658. The number of likely N-dealkylation sites (N-methyl/N-ethyl adjacent to an activating group) is 1. The first-order valence-corrected chi connectivity index (χ1v) is 14.6. The van der Waals surface area contributed by atoms with Gasteiger partial charge in [-0.25, -0.2) is 4.98 Å². The van der Waals surface area contributed by atoms with Crippen molar-refractivity contribution in [2.24, 2.45) is 0 Å². The van der Waals surface area contributed by atoms with Gasteiger partial charge in [0.25, 0.3) is 5.91 Å². The lowest BCUT2D eigenvalue weighted by atomic mass is 9.87. The Morgan fingerprint density at radius 2 is 1.92 bits per heavy atom. The number of ether oxygens (including phenoxy) is 3. The Labute approximate surface area is 224 Å². The van der Waals surface area contributed by atoms with Crippen LogP contribution in [0.4, 0.5) is 5.82 Å². The van der Waals surface area contributed by atoms with E-state index in [0.717, 1.165) is 50.4 Å². The largest absolute Gasteiger partial charge is 0.379 e. The highest BCUT2D eigenvalue weighted by Gasteiger charge is 2.38. The highest BCUT2D eigenvalue weighted by molar-refractivity contribution is 7.08. The molecule has 2 aliphatic heterocycles. The van der Waals surface area contributed by atoms with E-state index in [-0.39, 0.29) is 17.6 Å². The fraction of sp³-hybridized carbons (Fsp3) is 0.643. The third-order valence-electron chi connectivity index (χ3n) is 7.95. The molecule has 202 valence electrons. The Kier molecular flexibility index (Phi) is 9.10. The molecule has 2 aromatic heterocycles. The molecule has 3 aliphatic rings. The number of carbonyl (C=O) groups is 1. The molecule has 5 rings (SSSR count). The monoisotopic (exact) mass is 528 g/mol. The first-order valence-electron chi connectivity index (χ1n) is 13.7. The zero-order valence-electron chi connectivity index (χ0n) is 22.0. The second-order valence-electron chi connectivity index (χ2n) is 10.4. The highest BCUT2D eigenvalue weighted by Crippen LogP contribution is 2.33. The van der Waals surface area contributed by atoms with E-state index in [2.05, 4.69) is 21.7 Å². The van der Waals surface area contributed by atoms with Crippen molar-refractivity contribution >= 4 is 23.1 Å². The van der Waals surface area contributed by atoms with Crippen LogP contribution in [0.5, 0.6) is 0 Å². The standard InChI is InChI=1S/C28H40N4O4S/c1-31(18-23-19-35-15-16-36-23)26-24(6-7-25(30-26)22-8-17-37-20-22)27(33)29-21-28(9-4-2-3-5-10-28)32-11-13-34-14-12-32/h6-8,17,20,23H,2-5,9-16,18-19,21H2,1H3,(H,29,33)/t23-/m1/s1. The van der Waals surface area contributed by atoms with Crippen molar-refractivity contribution in [2.45, 2.75) is 50.2 Å². The van der Waals surface area contributed by atoms with Gasteiger partial charge in [-0.1, -0.05) is 25.7 Å². The number of hydrogen-bond acceptors (Lipinski definition) is 8. The number of anilines is 1. The molecule has 1 saturated carbocycles. The van der Waals surface area contributed by atoms with Crippen molar-refractivity contribution in [1.29, 1.82) is 0 Å². The quantitative estimate of drug-likeness (QED) is 0.522. The SMILES string of the molecule is CN(C[C@@H]1COCCO1)c1nc(-c2ccsc2)ccc1C(=O)NCC1(N2CCOCC2)CCCCCC1. The number of carbonyl (C=O) groups excluding carboxylic acids is 1. The summed E-state index contributed by atoms with van der Waals surface area (Å²) in [5, 5.41) is 7.48. The van der Waals surface area contributed by atoms with E-state index in [4.69, 9.17) is 19.2 Å². The van der Waals surface area contributed by atoms with Gasteiger partial charge in [0.1, 0.15) is 5.82 Å². The molecule has 1 aliphatic carbocycles. The summed E-state index contributed by atoms with van der Waals surface area (Å²) in [5.74, 6) is 0.612. The van der Waals surface area contributed by atoms with E-state index in [9.17, 15) is 4.79 Å². The van der Waals surface area contributed by atoms with Crippen LogP contribution in [-0.2, 0) is 14.2 Å². The lowest BCUT2D eigenvalue weighted by Gasteiger charge is -2.45. The average molecular weight is 529 g/mol. The molecular weight excluding hydrogens is 488 g/mol. The Balaban J connectivity index is 1.36. The van der Waals surface area contributed by atoms with Gasteiger partial charge in [0, 0.05) is 49.7 Å². The first kappa shape index (κ1) is 26.6. The summed E-state index contributed by atoms with van der Waals surface area (Å²) in [6.45, 7) is 6.45. The molecular formula is C28H40N4O4S. The number of nitrogens with one attached hydrogen (secondary N) is 1. The molecule has 1 N–H and O–H groups in total. The molecule has 8 nitrogen and oxygen atoms in total. The second kappa shape index (κ2) is 12.7. The topological polar surface area (TPSA) is 76.2 Å². The van der Waals surface area contributed by atoms with Gasteiger partial charge in [0.05, 0.1) is 50.4 Å². The number of amides is 1. The maximum absolute atomic E-state index is 13.7. The van der Waals surface area contributed by atoms with Crippen molar-refractivity contribution < 1.29 is 19.0 Å². The van der Waals surface area contributed by atoms with E-state index in [1.807, 2.05) is 29.5 Å². The fourth-order valence-electron chi connectivity index (χ4n) is 5.89.